The summed E-state index contributed by atoms with van der Waals surface area (Å²) >= 11 is 11.0. The molecule has 1 atom stereocenters. The molecule has 1 N–H and O–H groups in total. The van der Waals surface area contributed by atoms with Crippen molar-refractivity contribution in [3.8, 4) is 5.75 Å². The van der Waals surface area contributed by atoms with E-state index in [2.05, 4.69) is 0 Å². The van der Waals surface area contributed by atoms with Gasteiger partial charge in [0.05, 0.1) is 13.2 Å². The fourth-order valence-electron chi connectivity index (χ4n) is 1.90. The summed E-state index contributed by atoms with van der Waals surface area (Å²) < 4.78 is 10.6. The van der Waals surface area contributed by atoms with Crippen LogP contribution in [-0.4, -0.2) is 59.8 Å². The van der Waals surface area contributed by atoms with Crippen LogP contribution in [0.2, 0.25) is 0 Å². The summed E-state index contributed by atoms with van der Waals surface area (Å²) in [6.07, 6.45) is -0.956. The lowest BCUT2D eigenvalue weighted by atomic mass is 10.2. The normalized spacial score (nSPS) is 16.9. The van der Waals surface area contributed by atoms with Gasteiger partial charge in [0.1, 0.15) is 23.3 Å². The van der Waals surface area contributed by atoms with Crippen molar-refractivity contribution in [2.24, 2.45) is 0 Å². The summed E-state index contributed by atoms with van der Waals surface area (Å²) in [6, 6.07) is 6.74. The van der Waals surface area contributed by atoms with E-state index in [9.17, 15) is 9.90 Å². The molecule has 116 valence electrons. The van der Waals surface area contributed by atoms with Crippen molar-refractivity contribution in [1.82, 2.24) is 4.90 Å². The Morgan fingerprint density at radius 3 is 2.48 bits per heavy atom. The van der Waals surface area contributed by atoms with Crippen LogP contribution in [0.15, 0.2) is 24.3 Å². The number of rotatable bonds is 5. The third-order valence-electron chi connectivity index (χ3n) is 3.11. The molecular weight excluding hydrogens is 317 g/mol. The molecule has 1 unspecified atom stereocenters. The van der Waals surface area contributed by atoms with Gasteiger partial charge in [-0.3, -0.25) is 4.79 Å². The number of alkyl halides is 2. The number of aliphatic hydroxyl groups is 1. The maximum atomic E-state index is 12.2. The second kappa shape index (κ2) is 7.84. The molecule has 7 heteroatoms. The van der Waals surface area contributed by atoms with Gasteiger partial charge in [0.2, 0.25) is 0 Å². The Morgan fingerprint density at radius 2 is 1.90 bits per heavy atom. The average Bonchev–Trinajstić information content (AvgIpc) is 2.53. The number of aliphatic hydroxyl groups excluding tert-OH is 1. The molecule has 1 fully saturated rings. The molecule has 0 aliphatic carbocycles. The Kier molecular flexibility index (Phi) is 6.11. The lowest BCUT2D eigenvalue weighted by Crippen LogP contribution is -2.40. The first-order valence-electron chi connectivity index (χ1n) is 6.64. The molecule has 1 aliphatic rings. The highest BCUT2D eigenvalue weighted by Crippen LogP contribution is 2.16. The molecule has 0 radical (unpaired) electrons. The van der Waals surface area contributed by atoms with Crippen molar-refractivity contribution in [2.75, 3.05) is 32.9 Å². The van der Waals surface area contributed by atoms with E-state index in [0.717, 1.165) is 0 Å². The van der Waals surface area contributed by atoms with Crippen LogP contribution >= 0.6 is 23.2 Å². The first-order chi connectivity index (χ1) is 10.1. The molecule has 1 aromatic carbocycles. The number of ether oxygens (including phenoxy) is 2. The fourth-order valence-corrected chi connectivity index (χ4v) is 2.04. The first kappa shape index (κ1) is 16.4. The molecule has 1 aliphatic heterocycles. The molecule has 0 aromatic heterocycles. The van der Waals surface area contributed by atoms with Gasteiger partial charge >= 0.3 is 0 Å². The lowest BCUT2D eigenvalue weighted by molar-refractivity contribution is 0.0303. The van der Waals surface area contributed by atoms with Gasteiger partial charge < -0.3 is 19.5 Å². The molecule has 21 heavy (non-hydrogen) atoms. The minimum Gasteiger partial charge on any atom is -0.491 e. The van der Waals surface area contributed by atoms with Gasteiger partial charge in [-0.1, -0.05) is 0 Å². The topological polar surface area (TPSA) is 59.0 Å². The van der Waals surface area contributed by atoms with Crippen LogP contribution in [-0.2, 0) is 4.74 Å². The zero-order valence-electron chi connectivity index (χ0n) is 11.4. The van der Waals surface area contributed by atoms with Crippen LogP contribution in [0.5, 0.6) is 5.75 Å². The minimum absolute atomic E-state index is 0.00553. The highest BCUT2D eigenvalue weighted by molar-refractivity contribution is 6.44. The number of benzene rings is 1. The molecule has 1 aromatic rings. The summed E-state index contributed by atoms with van der Waals surface area (Å²) in [4.78, 5) is 13.1. The van der Waals surface area contributed by atoms with Crippen LogP contribution in [0.3, 0.4) is 0 Å². The van der Waals surface area contributed by atoms with Crippen molar-refractivity contribution in [3.05, 3.63) is 29.8 Å². The van der Waals surface area contributed by atoms with Gasteiger partial charge in [-0.2, -0.15) is 0 Å². The van der Waals surface area contributed by atoms with E-state index in [4.69, 9.17) is 32.7 Å². The number of halogens is 2. The largest absolute Gasteiger partial charge is 0.491 e. The number of morpholine rings is 1. The lowest BCUT2D eigenvalue weighted by Gasteiger charge is -2.26. The van der Waals surface area contributed by atoms with Crippen LogP contribution in [0.1, 0.15) is 10.4 Å². The molecule has 2 rings (SSSR count). The standard InChI is InChI=1S/C14H17Cl2NO4/c15-13(16)12(18)9-21-11-3-1-10(2-4-11)14(19)17-5-7-20-8-6-17/h1-4,12-13,18H,5-9H2. The van der Waals surface area contributed by atoms with Crippen LogP contribution in [0.25, 0.3) is 0 Å². The van der Waals surface area contributed by atoms with E-state index in [1.54, 1.807) is 29.2 Å². The van der Waals surface area contributed by atoms with Gasteiger partial charge in [-0.05, 0) is 24.3 Å². The Hall–Kier alpha value is -1.01. The van der Waals surface area contributed by atoms with Gasteiger partial charge in [0, 0.05) is 18.7 Å². The highest BCUT2D eigenvalue weighted by Gasteiger charge is 2.18. The maximum Gasteiger partial charge on any atom is 0.254 e. The molecule has 1 amide bonds. The Bertz CT molecular complexity index is 461. The first-order valence-corrected chi connectivity index (χ1v) is 7.51. The third kappa shape index (κ3) is 4.74. The van der Waals surface area contributed by atoms with Crippen LogP contribution in [0.4, 0.5) is 0 Å². The fraction of sp³-hybridized carbons (Fsp3) is 0.500. The van der Waals surface area contributed by atoms with Gasteiger partial charge in [-0.15, -0.1) is 23.2 Å². The number of amides is 1. The molecule has 1 heterocycles. The zero-order chi connectivity index (χ0) is 15.2. The van der Waals surface area contributed by atoms with E-state index in [1.165, 1.54) is 0 Å². The molecular formula is C14H17Cl2NO4. The third-order valence-corrected chi connectivity index (χ3v) is 3.69. The smallest absolute Gasteiger partial charge is 0.254 e. The Balaban J connectivity index is 1.90. The van der Waals surface area contributed by atoms with E-state index in [-0.39, 0.29) is 12.5 Å². The summed E-state index contributed by atoms with van der Waals surface area (Å²) in [5.41, 5.74) is 0.595. The van der Waals surface area contributed by atoms with Crippen LogP contribution < -0.4 is 4.74 Å². The van der Waals surface area contributed by atoms with Crippen molar-refractivity contribution < 1.29 is 19.4 Å². The molecule has 0 spiro atoms. The summed E-state index contributed by atoms with van der Waals surface area (Å²) in [6.45, 7) is 2.35. The molecule has 0 bridgehead atoms. The summed E-state index contributed by atoms with van der Waals surface area (Å²) in [7, 11) is 0. The molecule has 1 saturated heterocycles. The maximum absolute atomic E-state index is 12.2. The predicted octanol–water partition coefficient (Wildman–Crippen LogP) is 1.70. The number of carbonyl (C=O) groups is 1. The average molecular weight is 334 g/mol. The quantitative estimate of drug-likeness (QED) is 0.833. The van der Waals surface area contributed by atoms with E-state index in [1.807, 2.05) is 0 Å². The number of nitrogens with zero attached hydrogens (tertiary/aromatic N) is 1. The number of carbonyl (C=O) groups excluding carboxylic acids is 1. The predicted molar refractivity (Wildman–Crippen MR) is 80.2 cm³/mol. The van der Waals surface area contributed by atoms with Crippen molar-refractivity contribution in [1.29, 1.82) is 0 Å². The summed E-state index contributed by atoms with van der Waals surface area (Å²) in [5.74, 6) is 0.521. The van der Waals surface area contributed by atoms with E-state index >= 15 is 0 Å². The zero-order valence-corrected chi connectivity index (χ0v) is 12.9. The SMILES string of the molecule is O=C(c1ccc(OCC(O)C(Cl)Cl)cc1)N1CCOCC1. The minimum atomic E-state index is -0.956. The van der Waals surface area contributed by atoms with Crippen LogP contribution in [0, 0.1) is 0 Å². The summed E-state index contributed by atoms with van der Waals surface area (Å²) in [5, 5.41) is 9.44. The highest BCUT2D eigenvalue weighted by atomic mass is 35.5. The number of hydrogen-bond acceptors (Lipinski definition) is 4. The van der Waals surface area contributed by atoms with Crippen molar-refractivity contribution >= 4 is 29.1 Å². The van der Waals surface area contributed by atoms with E-state index < -0.39 is 10.9 Å². The van der Waals surface area contributed by atoms with Crippen molar-refractivity contribution in [3.63, 3.8) is 0 Å². The van der Waals surface area contributed by atoms with Gasteiger partial charge in [-0.25, -0.2) is 0 Å². The monoisotopic (exact) mass is 333 g/mol. The Morgan fingerprint density at radius 1 is 1.29 bits per heavy atom. The van der Waals surface area contributed by atoms with Crippen molar-refractivity contribution in [2.45, 2.75) is 10.9 Å². The van der Waals surface area contributed by atoms with Gasteiger partial charge in [0.25, 0.3) is 5.91 Å². The second-order valence-corrected chi connectivity index (χ2v) is 5.81. The second-order valence-electron chi connectivity index (χ2n) is 4.64. The Labute approximate surface area is 133 Å². The molecule has 5 nitrogen and oxygen atoms in total. The van der Waals surface area contributed by atoms with E-state index in [0.29, 0.717) is 37.6 Å². The van der Waals surface area contributed by atoms with Gasteiger partial charge in [0.15, 0.2) is 0 Å². The number of hydrogen-bond donors (Lipinski definition) is 1. The molecule has 0 saturated carbocycles.